The Hall–Kier alpha value is -1.55. The Labute approximate surface area is 107 Å². The van der Waals surface area contributed by atoms with E-state index in [4.69, 9.17) is 10.5 Å². The summed E-state index contributed by atoms with van der Waals surface area (Å²) in [5.74, 6) is 0.524. The van der Waals surface area contributed by atoms with Crippen LogP contribution in [0.5, 0.6) is 5.75 Å². The van der Waals surface area contributed by atoms with E-state index in [1.807, 2.05) is 32.0 Å². The highest BCUT2D eigenvalue weighted by Crippen LogP contribution is 2.40. The summed E-state index contributed by atoms with van der Waals surface area (Å²) in [6, 6.07) is 5.52. The number of rotatable bonds is 3. The standard InChI is InChI=1S/C14H19NO3/c1-14(2)8-9-5-4-6-10(13(9)18-14)11(15)7-12(16)17-3/h4-6,11H,7-8,15H2,1-3H3/t11-/m0/s1. The first-order chi connectivity index (χ1) is 8.43. The van der Waals surface area contributed by atoms with E-state index in [1.165, 1.54) is 7.11 Å². The Balaban J connectivity index is 2.26. The lowest BCUT2D eigenvalue weighted by molar-refractivity contribution is -0.141. The van der Waals surface area contributed by atoms with Crippen molar-refractivity contribution in [1.29, 1.82) is 0 Å². The van der Waals surface area contributed by atoms with Crippen molar-refractivity contribution in [1.82, 2.24) is 0 Å². The largest absolute Gasteiger partial charge is 0.487 e. The van der Waals surface area contributed by atoms with Gasteiger partial charge in [-0.25, -0.2) is 0 Å². The fourth-order valence-electron chi connectivity index (χ4n) is 2.30. The van der Waals surface area contributed by atoms with Gasteiger partial charge in [0.2, 0.25) is 0 Å². The predicted octanol–water partition coefficient (Wildman–Crippen LogP) is 1.96. The number of benzene rings is 1. The normalized spacial score (nSPS) is 17.8. The lowest BCUT2D eigenvalue weighted by atomic mass is 9.97. The third-order valence-electron chi connectivity index (χ3n) is 3.14. The lowest BCUT2D eigenvalue weighted by Gasteiger charge is -2.20. The summed E-state index contributed by atoms with van der Waals surface area (Å²) >= 11 is 0. The fourth-order valence-corrected chi connectivity index (χ4v) is 2.30. The van der Waals surface area contributed by atoms with Gasteiger partial charge < -0.3 is 15.2 Å². The summed E-state index contributed by atoms with van der Waals surface area (Å²) in [7, 11) is 1.37. The highest BCUT2D eigenvalue weighted by Gasteiger charge is 2.32. The number of hydrogen-bond acceptors (Lipinski definition) is 4. The number of carbonyl (C=O) groups is 1. The molecule has 1 aromatic carbocycles. The van der Waals surface area contributed by atoms with Crippen LogP contribution < -0.4 is 10.5 Å². The lowest BCUT2D eigenvalue weighted by Crippen LogP contribution is -2.25. The number of esters is 1. The first-order valence-electron chi connectivity index (χ1n) is 6.06. The first-order valence-corrected chi connectivity index (χ1v) is 6.06. The number of methoxy groups -OCH3 is 1. The van der Waals surface area contributed by atoms with Crippen LogP contribution in [0.2, 0.25) is 0 Å². The van der Waals surface area contributed by atoms with Crippen molar-refractivity contribution in [2.75, 3.05) is 7.11 Å². The second-order valence-corrected chi connectivity index (χ2v) is 5.26. The zero-order valence-electron chi connectivity index (χ0n) is 11.0. The molecule has 4 nitrogen and oxygen atoms in total. The zero-order chi connectivity index (χ0) is 13.3. The van der Waals surface area contributed by atoms with Crippen molar-refractivity contribution in [3.63, 3.8) is 0 Å². The molecule has 0 amide bonds. The summed E-state index contributed by atoms with van der Waals surface area (Å²) in [4.78, 5) is 11.3. The molecule has 2 rings (SSSR count). The number of hydrogen-bond donors (Lipinski definition) is 1. The van der Waals surface area contributed by atoms with E-state index in [1.54, 1.807) is 0 Å². The minimum absolute atomic E-state index is 0.163. The minimum atomic E-state index is -0.388. The van der Waals surface area contributed by atoms with Crippen molar-refractivity contribution in [2.24, 2.45) is 5.73 Å². The molecule has 0 unspecified atom stereocenters. The van der Waals surface area contributed by atoms with E-state index >= 15 is 0 Å². The van der Waals surface area contributed by atoms with E-state index < -0.39 is 0 Å². The molecule has 0 fully saturated rings. The molecular formula is C14H19NO3. The maximum Gasteiger partial charge on any atom is 0.307 e. The van der Waals surface area contributed by atoms with Crippen molar-refractivity contribution in [2.45, 2.75) is 38.3 Å². The number of fused-ring (bicyclic) bond motifs is 1. The zero-order valence-corrected chi connectivity index (χ0v) is 11.0. The van der Waals surface area contributed by atoms with Gasteiger partial charge in [-0.3, -0.25) is 4.79 Å². The number of carbonyl (C=O) groups excluding carboxylic acids is 1. The van der Waals surface area contributed by atoms with Crippen LogP contribution in [0.3, 0.4) is 0 Å². The average molecular weight is 249 g/mol. The first kappa shape index (κ1) is 12.9. The molecule has 4 heteroatoms. The molecule has 0 aliphatic carbocycles. The second kappa shape index (κ2) is 4.61. The molecule has 0 radical (unpaired) electrons. The smallest absolute Gasteiger partial charge is 0.307 e. The van der Waals surface area contributed by atoms with Crippen LogP contribution in [0.15, 0.2) is 18.2 Å². The Kier molecular flexibility index (Phi) is 3.30. The van der Waals surface area contributed by atoms with Crippen LogP contribution in [0, 0.1) is 0 Å². The molecule has 0 saturated carbocycles. The molecule has 1 heterocycles. The van der Waals surface area contributed by atoms with Gasteiger partial charge >= 0.3 is 5.97 Å². The summed E-state index contributed by atoms with van der Waals surface area (Å²) in [5, 5.41) is 0. The molecule has 1 atom stereocenters. The van der Waals surface area contributed by atoms with Crippen LogP contribution in [0.25, 0.3) is 0 Å². The molecule has 0 bridgehead atoms. The van der Waals surface area contributed by atoms with Gasteiger partial charge in [0.15, 0.2) is 0 Å². The maximum atomic E-state index is 11.3. The number of para-hydroxylation sites is 1. The summed E-state index contributed by atoms with van der Waals surface area (Å²) in [5.41, 5.74) is 7.88. The molecule has 0 aromatic heterocycles. The van der Waals surface area contributed by atoms with Crippen molar-refractivity contribution < 1.29 is 14.3 Å². The molecule has 1 aliphatic heterocycles. The van der Waals surface area contributed by atoms with Crippen LogP contribution in [0.1, 0.15) is 37.4 Å². The number of nitrogens with two attached hydrogens (primary N) is 1. The van der Waals surface area contributed by atoms with Gasteiger partial charge in [0.1, 0.15) is 11.4 Å². The van der Waals surface area contributed by atoms with E-state index in [9.17, 15) is 4.79 Å². The van der Waals surface area contributed by atoms with Crippen molar-refractivity contribution in [3.05, 3.63) is 29.3 Å². The number of ether oxygens (including phenoxy) is 2. The van der Waals surface area contributed by atoms with E-state index in [0.29, 0.717) is 0 Å². The van der Waals surface area contributed by atoms with Gasteiger partial charge in [-0.15, -0.1) is 0 Å². The van der Waals surface area contributed by atoms with Crippen molar-refractivity contribution in [3.8, 4) is 5.75 Å². The summed E-state index contributed by atoms with van der Waals surface area (Å²) in [6.07, 6.45) is 1.03. The Morgan fingerprint density at radius 2 is 2.28 bits per heavy atom. The van der Waals surface area contributed by atoms with E-state index in [-0.39, 0.29) is 24.0 Å². The van der Waals surface area contributed by atoms with Crippen LogP contribution in [-0.2, 0) is 16.0 Å². The molecule has 98 valence electrons. The Bertz CT molecular complexity index is 468. The van der Waals surface area contributed by atoms with Gasteiger partial charge in [-0.2, -0.15) is 0 Å². The Morgan fingerprint density at radius 3 is 2.94 bits per heavy atom. The maximum absolute atomic E-state index is 11.3. The van der Waals surface area contributed by atoms with E-state index in [0.717, 1.165) is 23.3 Å². The van der Waals surface area contributed by atoms with Gasteiger partial charge in [0, 0.05) is 18.0 Å². The minimum Gasteiger partial charge on any atom is -0.487 e. The monoisotopic (exact) mass is 249 g/mol. The quantitative estimate of drug-likeness (QED) is 0.832. The molecular weight excluding hydrogens is 230 g/mol. The topological polar surface area (TPSA) is 61.5 Å². The molecule has 18 heavy (non-hydrogen) atoms. The van der Waals surface area contributed by atoms with Gasteiger partial charge in [-0.05, 0) is 19.4 Å². The average Bonchev–Trinajstić information content (AvgIpc) is 2.61. The van der Waals surface area contributed by atoms with Crippen LogP contribution in [-0.4, -0.2) is 18.7 Å². The second-order valence-electron chi connectivity index (χ2n) is 5.26. The molecule has 2 N–H and O–H groups in total. The van der Waals surface area contributed by atoms with Gasteiger partial charge in [0.05, 0.1) is 13.5 Å². The molecule has 0 spiro atoms. The highest BCUT2D eigenvalue weighted by molar-refractivity contribution is 5.70. The predicted molar refractivity (Wildman–Crippen MR) is 68.4 cm³/mol. The van der Waals surface area contributed by atoms with E-state index in [2.05, 4.69) is 4.74 Å². The molecule has 1 aliphatic rings. The Morgan fingerprint density at radius 1 is 1.56 bits per heavy atom. The summed E-state index contributed by atoms with van der Waals surface area (Å²) in [6.45, 7) is 4.09. The van der Waals surface area contributed by atoms with Gasteiger partial charge in [0.25, 0.3) is 0 Å². The summed E-state index contributed by atoms with van der Waals surface area (Å²) < 4.78 is 10.6. The van der Waals surface area contributed by atoms with Gasteiger partial charge in [-0.1, -0.05) is 18.2 Å². The molecule has 1 aromatic rings. The fraction of sp³-hybridized carbons (Fsp3) is 0.500. The van der Waals surface area contributed by atoms with Crippen molar-refractivity contribution >= 4 is 5.97 Å². The molecule has 0 saturated heterocycles. The van der Waals surface area contributed by atoms with Crippen LogP contribution >= 0.6 is 0 Å². The third kappa shape index (κ3) is 2.48. The third-order valence-corrected chi connectivity index (χ3v) is 3.14. The van der Waals surface area contributed by atoms with Crippen LogP contribution in [0.4, 0.5) is 0 Å². The SMILES string of the molecule is COC(=O)C[C@H](N)c1cccc2c1OC(C)(C)C2. The highest BCUT2D eigenvalue weighted by atomic mass is 16.5.